The van der Waals surface area contributed by atoms with E-state index in [2.05, 4.69) is 24.5 Å². The number of unbranched alkanes of at least 4 members (excludes halogenated alkanes) is 4. The van der Waals surface area contributed by atoms with Gasteiger partial charge in [0.2, 0.25) is 11.1 Å². The third-order valence-corrected chi connectivity index (χ3v) is 8.00. The minimum atomic E-state index is -0.540. The van der Waals surface area contributed by atoms with Crippen LogP contribution in [0.5, 0.6) is 17.2 Å². The standard InChI is InChI=1S/C33H45N5O4S/c1-6-10-12-15-20-42-27-19-18-24(22-28(27)41-9-4)30-29(31(39)35-25-16-13-14-17-26(25)40-8-3)23(5)34-32-36-33(37-38(30)32)43-21-11-7-2/h13-14,16-19,22,30H,6-12,15,20-21H2,1-5H3,(H,35,39)(H,34,36,37). The number of nitrogens with zero attached hydrogens (tertiary/aromatic N) is 3. The van der Waals surface area contributed by atoms with Gasteiger partial charge in [-0.05, 0) is 63.4 Å². The van der Waals surface area contributed by atoms with Crippen LogP contribution in [0.25, 0.3) is 0 Å². The molecule has 0 saturated heterocycles. The van der Waals surface area contributed by atoms with Crippen molar-refractivity contribution in [2.75, 3.05) is 36.2 Å². The Morgan fingerprint density at radius 1 is 0.930 bits per heavy atom. The van der Waals surface area contributed by atoms with Gasteiger partial charge in [0.05, 0.1) is 31.1 Å². The first-order valence-electron chi connectivity index (χ1n) is 15.5. The summed E-state index contributed by atoms with van der Waals surface area (Å²) >= 11 is 1.62. The highest BCUT2D eigenvalue weighted by Gasteiger charge is 2.35. The molecule has 1 atom stereocenters. The summed E-state index contributed by atoms with van der Waals surface area (Å²) in [5.74, 6) is 3.24. The Bertz CT molecular complexity index is 1390. The molecule has 1 unspecified atom stereocenters. The molecule has 0 bridgehead atoms. The minimum absolute atomic E-state index is 0.252. The summed E-state index contributed by atoms with van der Waals surface area (Å²) in [5, 5.41) is 12.0. The van der Waals surface area contributed by atoms with Crippen LogP contribution in [0.2, 0.25) is 0 Å². The van der Waals surface area contributed by atoms with E-state index in [0.29, 0.717) is 65.1 Å². The average molecular weight is 608 g/mol. The molecule has 0 aliphatic carbocycles. The highest BCUT2D eigenvalue weighted by Crippen LogP contribution is 2.40. The van der Waals surface area contributed by atoms with Gasteiger partial charge in [-0.1, -0.05) is 69.5 Å². The number of hydrogen-bond acceptors (Lipinski definition) is 8. The van der Waals surface area contributed by atoms with Crippen LogP contribution >= 0.6 is 11.8 Å². The molecule has 10 heteroatoms. The van der Waals surface area contributed by atoms with Crippen molar-refractivity contribution in [3.8, 4) is 17.2 Å². The summed E-state index contributed by atoms with van der Waals surface area (Å²) in [6.07, 6.45) is 6.68. The highest BCUT2D eigenvalue weighted by atomic mass is 32.2. The maximum absolute atomic E-state index is 14.1. The van der Waals surface area contributed by atoms with E-state index in [1.807, 2.05) is 63.2 Å². The van der Waals surface area contributed by atoms with E-state index in [0.717, 1.165) is 37.0 Å². The van der Waals surface area contributed by atoms with Gasteiger partial charge in [-0.15, -0.1) is 5.10 Å². The second-order valence-electron chi connectivity index (χ2n) is 10.4. The van der Waals surface area contributed by atoms with Crippen LogP contribution in [-0.2, 0) is 4.79 Å². The zero-order valence-corrected chi connectivity index (χ0v) is 26.9. The average Bonchev–Trinajstić information content (AvgIpc) is 3.40. The van der Waals surface area contributed by atoms with Gasteiger partial charge in [-0.3, -0.25) is 4.79 Å². The molecule has 1 aromatic heterocycles. The van der Waals surface area contributed by atoms with Crippen LogP contribution in [0.4, 0.5) is 11.6 Å². The normalized spacial score (nSPS) is 14.2. The number of fused-ring (bicyclic) bond motifs is 1. The second kappa shape index (κ2) is 16.3. The number of para-hydroxylation sites is 2. The molecule has 0 fully saturated rings. The summed E-state index contributed by atoms with van der Waals surface area (Å²) in [6, 6.07) is 12.8. The molecule has 9 nitrogen and oxygen atoms in total. The molecule has 1 aliphatic rings. The van der Waals surface area contributed by atoms with Crippen molar-refractivity contribution in [3.63, 3.8) is 0 Å². The first kappa shape index (κ1) is 32.3. The lowest BCUT2D eigenvalue weighted by Gasteiger charge is -2.29. The van der Waals surface area contributed by atoms with E-state index in [9.17, 15) is 4.79 Å². The van der Waals surface area contributed by atoms with Gasteiger partial charge < -0.3 is 24.8 Å². The summed E-state index contributed by atoms with van der Waals surface area (Å²) in [7, 11) is 0. The second-order valence-corrected chi connectivity index (χ2v) is 11.4. The van der Waals surface area contributed by atoms with Crippen molar-refractivity contribution in [1.82, 2.24) is 14.8 Å². The van der Waals surface area contributed by atoms with Gasteiger partial charge in [-0.25, -0.2) is 4.68 Å². The Balaban J connectivity index is 1.71. The topological polar surface area (TPSA) is 99.5 Å². The number of allylic oxidation sites excluding steroid dienone is 1. The zero-order valence-electron chi connectivity index (χ0n) is 26.1. The van der Waals surface area contributed by atoms with E-state index in [1.54, 1.807) is 16.4 Å². The first-order chi connectivity index (χ1) is 21.0. The van der Waals surface area contributed by atoms with Crippen LogP contribution in [0.15, 0.2) is 58.9 Å². The van der Waals surface area contributed by atoms with Crippen LogP contribution in [-0.4, -0.2) is 46.2 Å². The number of hydrogen-bond donors (Lipinski definition) is 2. The molecule has 0 saturated carbocycles. The lowest BCUT2D eigenvalue weighted by molar-refractivity contribution is -0.113. The fourth-order valence-corrected chi connectivity index (χ4v) is 5.85. The van der Waals surface area contributed by atoms with Gasteiger partial charge in [-0.2, -0.15) is 4.98 Å². The number of nitrogens with one attached hydrogen (secondary N) is 2. The van der Waals surface area contributed by atoms with Crippen LogP contribution in [0, 0.1) is 0 Å². The number of amides is 1. The van der Waals surface area contributed by atoms with Crippen LogP contribution in [0.3, 0.4) is 0 Å². The molecular weight excluding hydrogens is 562 g/mol. The monoisotopic (exact) mass is 607 g/mol. The predicted octanol–water partition coefficient (Wildman–Crippen LogP) is 7.85. The minimum Gasteiger partial charge on any atom is -0.492 e. The number of carbonyl (C=O) groups excluding carboxylic acids is 1. The van der Waals surface area contributed by atoms with Crippen molar-refractivity contribution in [1.29, 1.82) is 0 Å². The van der Waals surface area contributed by atoms with Crippen molar-refractivity contribution in [3.05, 3.63) is 59.3 Å². The number of aromatic nitrogens is 3. The van der Waals surface area contributed by atoms with Crippen molar-refractivity contribution >= 4 is 29.3 Å². The van der Waals surface area contributed by atoms with E-state index >= 15 is 0 Å². The van der Waals surface area contributed by atoms with E-state index in [1.165, 1.54) is 12.8 Å². The maximum Gasteiger partial charge on any atom is 0.255 e. The molecule has 3 aromatic rings. The third kappa shape index (κ3) is 8.25. The molecule has 232 valence electrons. The van der Waals surface area contributed by atoms with Crippen LogP contribution in [0.1, 0.15) is 84.7 Å². The number of rotatable bonds is 17. The van der Waals surface area contributed by atoms with Gasteiger partial charge in [0.25, 0.3) is 5.91 Å². The van der Waals surface area contributed by atoms with Gasteiger partial charge in [0.1, 0.15) is 11.8 Å². The Labute approximate surface area is 259 Å². The smallest absolute Gasteiger partial charge is 0.255 e. The lowest BCUT2D eigenvalue weighted by Crippen LogP contribution is -2.31. The molecule has 2 N–H and O–H groups in total. The zero-order chi connectivity index (χ0) is 30.6. The van der Waals surface area contributed by atoms with Crippen molar-refractivity contribution in [2.45, 2.75) is 84.3 Å². The van der Waals surface area contributed by atoms with Crippen molar-refractivity contribution in [2.24, 2.45) is 0 Å². The Kier molecular flexibility index (Phi) is 12.2. The molecule has 1 aliphatic heterocycles. The largest absolute Gasteiger partial charge is 0.492 e. The highest BCUT2D eigenvalue weighted by molar-refractivity contribution is 7.99. The lowest BCUT2D eigenvalue weighted by atomic mass is 9.94. The van der Waals surface area contributed by atoms with Gasteiger partial charge in [0.15, 0.2) is 11.5 Å². The molecule has 43 heavy (non-hydrogen) atoms. The Morgan fingerprint density at radius 3 is 2.47 bits per heavy atom. The Morgan fingerprint density at radius 2 is 1.70 bits per heavy atom. The number of ether oxygens (including phenoxy) is 3. The molecule has 2 heterocycles. The summed E-state index contributed by atoms with van der Waals surface area (Å²) in [4.78, 5) is 18.8. The van der Waals surface area contributed by atoms with Crippen LogP contribution < -0.4 is 24.8 Å². The summed E-state index contributed by atoms with van der Waals surface area (Å²) in [6.45, 7) is 11.8. The molecular formula is C33H45N5O4S. The predicted molar refractivity (Wildman–Crippen MR) is 174 cm³/mol. The number of carbonyl (C=O) groups is 1. The van der Waals surface area contributed by atoms with Crippen molar-refractivity contribution < 1.29 is 19.0 Å². The van der Waals surface area contributed by atoms with Gasteiger partial charge in [0, 0.05) is 11.4 Å². The molecule has 1 amide bonds. The van der Waals surface area contributed by atoms with E-state index in [4.69, 9.17) is 24.3 Å². The molecule has 0 spiro atoms. The quantitative estimate of drug-likeness (QED) is 0.118. The molecule has 4 rings (SSSR count). The number of benzene rings is 2. The number of anilines is 2. The van der Waals surface area contributed by atoms with E-state index < -0.39 is 6.04 Å². The fraction of sp³-hybridized carbons (Fsp3) is 0.485. The van der Waals surface area contributed by atoms with E-state index in [-0.39, 0.29) is 5.91 Å². The third-order valence-electron chi connectivity index (χ3n) is 7.08. The molecule has 2 aromatic carbocycles. The van der Waals surface area contributed by atoms with Gasteiger partial charge >= 0.3 is 0 Å². The first-order valence-corrected chi connectivity index (χ1v) is 16.5. The Hall–Kier alpha value is -3.66. The molecule has 0 radical (unpaired) electrons. The number of thioether (sulfide) groups is 1. The summed E-state index contributed by atoms with van der Waals surface area (Å²) < 4.78 is 19.8. The fourth-order valence-electron chi connectivity index (χ4n) is 4.94. The summed E-state index contributed by atoms with van der Waals surface area (Å²) in [5.41, 5.74) is 2.69. The maximum atomic E-state index is 14.1. The SMILES string of the molecule is CCCCCCOc1ccc(C2C(C(=O)Nc3ccccc3OCC)=C(C)Nc3nc(SCCCC)nn32)cc1OCC.